The van der Waals surface area contributed by atoms with Crippen molar-refractivity contribution >= 4 is 21.6 Å². The van der Waals surface area contributed by atoms with Crippen LogP contribution in [0.25, 0.3) is 0 Å². The average Bonchev–Trinajstić information content (AvgIpc) is 2.74. The van der Waals surface area contributed by atoms with Gasteiger partial charge in [0.2, 0.25) is 15.9 Å². The largest absolute Gasteiger partial charge is 0.494 e. The zero-order valence-electron chi connectivity index (χ0n) is 19.4. The number of rotatable bonds is 9. The standard InChI is InChI=1S/C26H30N2O4S/c1-5-32-25-12-11-23(16-20(25)4)33(30,31)28-24(17-21-9-7-6-8-10-21)26(29)27-22-14-18(2)13-19(3)15-22/h6-16,24,28H,5,17H2,1-4H3,(H,27,29). The number of nitrogens with one attached hydrogen (secondary N) is 2. The summed E-state index contributed by atoms with van der Waals surface area (Å²) in [5.74, 6) is 0.208. The van der Waals surface area contributed by atoms with Crippen molar-refractivity contribution in [2.24, 2.45) is 0 Å². The van der Waals surface area contributed by atoms with Crippen molar-refractivity contribution in [3.8, 4) is 5.75 Å². The number of ether oxygens (including phenoxy) is 1. The maximum Gasteiger partial charge on any atom is 0.242 e. The van der Waals surface area contributed by atoms with Crippen molar-refractivity contribution in [2.75, 3.05) is 11.9 Å². The number of sulfonamides is 1. The van der Waals surface area contributed by atoms with Gasteiger partial charge in [-0.1, -0.05) is 36.4 Å². The van der Waals surface area contributed by atoms with Gasteiger partial charge in [-0.15, -0.1) is 0 Å². The van der Waals surface area contributed by atoms with Crippen molar-refractivity contribution in [1.82, 2.24) is 4.72 Å². The van der Waals surface area contributed by atoms with E-state index in [0.717, 1.165) is 16.7 Å². The summed E-state index contributed by atoms with van der Waals surface area (Å²) in [6, 6.07) is 18.7. The molecule has 0 aliphatic rings. The normalized spacial score (nSPS) is 12.2. The van der Waals surface area contributed by atoms with E-state index in [9.17, 15) is 13.2 Å². The summed E-state index contributed by atoms with van der Waals surface area (Å²) in [7, 11) is -3.95. The molecule has 0 spiro atoms. The molecule has 174 valence electrons. The van der Waals surface area contributed by atoms with E-state index in [1.54, 1.807) is 19.1 Å². The first-order valence-electron chi connectivity index (χ1n) is 10.9. The predicted octanol–water partition coefficient (Wildman–Crippen LogP) is 4.54. The molecule has 1 unspecified atom stereocenters. The molecule has 0 aliphatic carbocycles. The molecule has 3 rings (SSSR count). The molecule has 3 aromatic rings. The summed E-state index contributed by atoms with van der Waals surface area (Å²) in [5, 5.41) is 2.87. The lowest BCUT2D eigenvalue weighted by atomic mass is 10.1. The Morgan fingerprint density at radius 1 is 0.939 bits per heavy atom. The van der Waals surface area contributed by atoms with Gasteiger partial charge in [0.25, 0.3) is 0 Å². The quantitative estimate of drug-likeness (QED) is 0.485. The zero-order chi connectivity index (χ0) is 24.0. The molecule has 0 bridgehead atoms. The second-order valence-electron chi connectivity index (χ2n) is 8.09. The lowest BCUT2D eigenvalue weighted by Crippen LogP contribution is -2.45. The molecule has 0 aromatic heterocycles. The molecular formula is C26H30N2O4S. The summed E-state index contributed by atoms with van der Waals surface area (Å²) in [6.45, 7) is 8.04. The molecule has 0 aliphatic heterocycles. The Balaban J connectivity index is 1.88. The van der Waals surface area contributed by atoms with Gasteiger partial charge in [0, 0.05) is 5.69 Å². The number of hydrogen-bond donors (Lipinski definition) is 2. The molecule has 33 heavy (non-hydrogen) atoms. The Morgan fingerprint density at radius 3 is 2.21 bits per heavy atom. The number of carbonyl (C=O) groups is 1. The maximum atomic E-state index is 13.2. The molecule has 0 heterocycles. The molecule has 1 atom stereocenters. The number of carbonyl (C=O) groups excluding carboxylic acids is 1. The number of hydrogen-bond acceptors (Lipinski definition) is 4. The first-order valence-corrected chi connectivity index (χ1v) is 12.3. The van der Waals surface area contributed by atoms with Crippen LogP contribution in [-0.4, -0.2) is 27.0 Å². The number of benzene rings is 3. The molecule has 0 saturated heterocycles. The minimum Gasteiger partial charge on any atom is -0.494 e. The monoisotopic (exact) mass is 466 g/mol. The summed E-state index contributed by atoms with van der Waals surface area (Å²) >= 11 is 0. The van der Waals surface area contributed by atoms with Gasteiger partial charge in [0.1, 0.15) is 11.8 Å². The van der Waals surface area contributed by atoms with Crippen LogP contribution < -0.4 is 14.8 Å². The van der Waals surface area contributed by atoms with Crippen LogP contribution in [0.4, 0.5) is 5.69 Å². The van der Waals surface area contributed by atoms with Crippen molar-refractivity contribution in [3.63, 3.8) is 0 Å². The van der Waals surface area contributed by atoms with Gasteiger partial charge < -0.3 is 10.1 Å². The van der Waals surface area contributed by atoms with Crippen LogP contribution in [0.3, 0.4) is 0 Å². The first-order chi connectivity index (χ1) is 15.7. The zero-order valence-corrected chi connectivity index (χ0v) is 20.2. The van der Waals surface area contributed by atoms with Gasteiger partial charge in [0.15, 0.2) is 0 Å². The lowest BCUT2D eigenvalue weighted by Gasteiger charge is -2.20. The first kappa shape index (κ1) is 24.5. The summed E-state index contributed by atoms with van der Waals surface area (Å²) in [6.07, 6.45) is 0.215. The van der Waals surface area contributed by atoms with Crippen LogP contribution in [0, 0.1) is 20.8 Å². The number of amides is 1. The van der Waals surface area contributed by atoms with Gasteiger partial charge in [0.05, 0.1) is 11.5 Å². The molecule has 0 saturated carbocycles. The van der Waals surface area contributed by atoms with E-state index in [0.29, 0.717) is 23.6 Å². The van der Waals surface area contributed by atoms with Crippen LogP contribution in [0.1, 0.15) is 29.2 Å². The van der Waals surface area contributed by atoms with Crippen LogP contribution in [0.5, 0.6) is 5.75 Å². The fourth-order valence-electron chi connectivity index (χ4n) is 3.68. The fraction of sp³-hybridized carbons (Fsp3) is 0.269. The van der Waals surface area contributed by atoms with Gasteiger partial charge in [-0.3, -0.25) is 4.79 Å². The molecule has 0 radical (unpaired) electrons. The highest BCUT2D eigenvalue weighted by molar-refractivity contribution is 7.89. The topological polar surface area (TPSA) is 84.5 Å². The molecule has 1 amide bonds. The third-order valence-electron chi connectivity index (χ3n) is 5.14. The minimum absolute atomic E-state index is 0.0840. The van der Waals surface area contributed by atoms with Crippen LogP contribution in [-0.2, 0) is 21.2 Å². The van der Waals surface area contributed by atoms with Crippen molar-refractivity contribution < 1.29 is 17.9 Å². The highest BCUT2D eigenvalue weighted by Crippen LogP contribution is 2.22. The van der Waals surface area contributed by atoms with Gasteiger partial charge in [-0.2, -0.15) is 4.72 Å². The van der Waals surface area contributed by atoms with E-state index in [-0.39, 0.29) is 11.3 Å². The molecular weight excluding hydrogens is 436 g/mol. The third kappa shape index (κ3) is 6.66. The number of anilines is 1. The highest BCUT2D eigenvalue weighted by atomic mass is 32.2. The second-order valence-corrected chi connectivity index (χ2v) is 9.80. The minimum atomic E-state index is -3.95. The Bertz CT molecular complexity index is 1200. The van der Waals surface area contributed by atoms with Crippen LogP contribution in [0.2, 0.25) is 0 Å². The summed E-state index contributed by atoms with van der Waals surface area (Å²) in [4.78, 5) is 13.3. The van der Waals surface area contributed by atoms with E-state index in [4.69, 9.17) is 4.74 Å². The second kappa shape index (κ2) is 10.6. The van der Waals surface area contributed by atoms with Crippen molar-refractivity contribution in [3.05, 3.63) is 89.0 Å². The van der Waals surface area contributed by atoms with Crippen LogP contribution >= 0.6 is 0 Å². The van der Waals surface area contributed by atoms with E-state index >= 15 is 0 Å². The number of aryl methyl sites for hydroxylation is 3. The Kier molecular flexibility index (Phi) is 7.89. The van der Waals surface area contributed by atoms with Crippen molar-refractivity contribution in [2.45, 2.75) is 45.1 Å². The Hall–Kier alpha value is -3.16. The summed E-state index contributed by atoms with van der Waals surface area (Å²) in [5.41, 5.74) is 4.21. The molecule has 2 N–H and O–H groups in total. The van der Waals surface area contributed by atoms with Crippen molar-refractivity contribution in [1.29, 1.82) is 0 Å². The van der Waals surface area contributed by atoms with Gasteiger partial charge >= 0.3 is 0 Å². The SMILES string of the molecule is CCOc1ccc(S(=O)(=O)NC(Cc2ccccc2)C(=O)Nc2cc(C)cc(C)c2)cc1C. The molecule has 6 nitrogen and oxygen atoms in total. The third-order valence-corrected chi connectivity index (χ3v) is 6.61. The van der Waals surface area contributed by atoms with Gasteiger partial charge in [-0.05, 0) is 86.7 Å². The lowest BCUT2D eigenvalue weighted by molar-refractivity contribution is -0.117. The molecule has 7 heteroatoms. The maximum absolute atomic E-state index is 13.2. The summed E-state index contributed by atoms with van der Waals surface area (Å²) < 4.78 is 34.5. The van der Waals surface area contributed by atoms with E-state index in [2.05, 4.69) is 10.0 Å². The molecule has 0 fully saturated rings. The molecule has 3 aromatic carbocycles. The Morgan fingerprint density at radius 2 is 1.61 bits per heavy atom. The van der Waals surface area contributed by atoms with Crippen LogP contribution in [0.15, 0.2) is 71.6 Å². The van der Waals surface area contributed by atoms with E-state index < -0.39 is 22.0 Å². The van der Waals surface area contributed by atoms with E-state index in [1.807, 2.05) is 69.3 Å². The highest BCUT2D eigenvalue weighted by Gasteiger charge is 2.27. The fourth-order valence-corrected chi connectivity index (χ4v) is 4.96. The smallest absolute Gasteiger partial charge is 0.242 e. The van der Waals surface area contributed by atoms with E-state index in [1.165, 1.54) is 6.07 Å². The van der Waals surface area contributed by atoms with Gasteiger partial charge in [-0.25, -0.2) is 8.42 Å². The average molecular weight is 467 g/mol. The Labute approximate surface area is 196 Å². The predicted molar refractivity (Wildman–Crippen MR) is 131 cm³/mol.